The maximum Gasteiger partial charge on any atom is 0.324 e. The smallest absolute Gasteiger partial charge is 0.324 e. The third-order valence-corrected chi connectivity index (χ3v) is 11.0. The summed E-state index contributed by atoms with van der Waals surface area (Å²) in [5.41, 5.74) is 7.61. The van der Waals surface area contributed by atoms with E-state index < -0.39 is 11.9 Å². The Kier molecular flexibility index (Phi) is 11.0. The van der Waals surface area contributed by atoms with Gasteiger partial charge in [-0.05, 0) is 97.0 Å². The van der Waals surface area contributed by atoms with E-state index in [4.69, 9.17) is 0 Å². The van der Waals surface area contributed by atoms with E-state index in [1.54, 1.807) is 35.4 Å². The molecule has 5 heterocycles. The molecule has 306 valence electrons. The lowest BCUT2D eigenvalue weighted by molar-refractivity contribution is 0.0932. The normalized spacial score (nSPS) is 15.3. The molecule has 0 saturated carbocycles. The Balaban J connectivity index is 0.918. The van der Waals surface area contributed by atoms with E-state index in [1.807, 2.05) is 69.3 Å². The van der Waals surface area contributed by atoms with Crippen LogP contribution in [0, 0.1) is 12.3 Å². The van der Waals surface area contributed by atoms with Gasteiger partial charge in [0, 0.05) is 79.4 Å². The number of rotatable bonds is 9. The fourth-order valence-corrected chi connectivity index (χ4v) is 7.86. The van der Waals surface area contributed by atoms with Crippen LogP contribution in [0.1, 0.15) is 71.0 Å². The van der Waals surface area contributed by atoms with Crippen molar-refractivity contribution >= 4 is 34.1 Å². The number of phenolic OH excluding ortho intramolecular Hbond substituents is 2. The van der Waals surface area contributed by atoms with Gasteiger partial charge in [-0.25, -0.2) is 9.36 Å². The number of carbonyl (C=O) groups excluding carboxylic acids is 2. The van der Waals surface area contributed by atoms with E-state index in [0.29, 0.717) is 71.7 Å². The van der Waals surface area contributed by atoms with E-state index in [-0.39, 0.29) is 35.0 Å². The number of benzene rings is 3. The molecule has 60 heavy (non-hydrogen) atoms. The molecule has 0 unspecified atom stereocenters. The molecule has 2 saturated heterocycles. The summed E-state index contributed by atoms with van der Waals surface area (Å²) >= 11 is 0. The van der Waals surface area contributed by atoms with Crippen LogP contribution in [-0.4, -0.2) is 100 Å². The lowest BCUT2D eigenvalue weighted by Crippen LogP contribution is -2.52. The summed E-state index contributed by atoms with van der Waals surface area (Å²) in [6.45, 7) is 9.21. The molecule has 0 aliphatic carbocycles. The van der Waals surface area contributed by atoms with Gasteiger partial charge in [-0.1, -0.05) is 37.1 Å². The van der Waals surface area contributed by atoms with Gasteiger partial charge in [0.25, 0.3) is 5.91 Å². The highest BCUT2D eigenvalue weighted by Gasteiger charge is 2.26. The van der Waals surface area contributed by atoms with Crippen molar-refractivity contribution in [2.24, 2.45) is 0 Å². The van der Waals surface area contributed by atoms with Gasteiger partial charge in [0.15, 0.2) is 5.82 Å². The molecule has 0 radical (unpaired) electrons. The number of fused-ring (bicyclic) bond motifs is 1. The first-order valence-corrected chi connectivity index (χ1v) is 20.0. The molecule has 6 aromatic rings. The molecule has 0 bridgehead atoms. The number of aromatic hydroxyl groups is 3. The molecule has 15 nitrogen and oxygen atoms in total. The highest BCUT2D eigenvalue weighted by atomic mass is 16.3. The van der Waals surface area contributed by atoms with Gasteiger partial charge in [0.1, 0.15) is 11.5 Å². The summed E-state index contributed by atoms with van der Waals surface area (Å²) in [6.07, 6.45) is 3.44. The fourth-order valence-electron chi connectivity index (χ4n) is 7.86. The van der Waals surface area contributed by atoms with Crippen LogP contribution in [0.15, 0.2) is 90.8 Å². The standard InChI is InChI=1S/C45H46N10O5/c1-26(2)32-23-34(39(57)24-38(32)56)42-51-52-45(60)55(42)30-12-9-28(10-13-30)25-53-18-20-54(21-19-53)44(59)50-43(58)29-11-14-35-33(22-29)31(15-17-48-35)40(36-8-5-16-47-36)41(46)37-7-4-6-27(3)49-37/h4,6-7,9-15,17,22-24,26,46-47,56-57H,5,8,16,18-21,25H2,1-3H3,(H,52,60)(H,50,58,59)/b40-36-,46-41?. The van der Waals surface area contributed by atoms with Gasteiger partial charge < -0.3 is 25.5 Å². The molecule has 6 N–H and O–H groups in total. The van der Waals surface area contributed by atoms with Gasteiger partial charge in [0.2, 0.25) is 0 Å². The quantitative estimate of drug-likeness (QED) is 0.0900. The van der Waals surface area contributed by atoms with Crippen molar-refractivity contribution < 1.29 is 24.9 Å². The summed E-state index contributed by atoms with van der Waals surface area (Å²) in [5.74, 6) is -0.519. The Morgan fingerprint density at radius 1 is 0.917 bits per heavy atom. The Hall–Kier alpha value is -7.13. The molecule has 3 aromatic heterocycles. The molecule has 8 rings (SSSR count). The number of pyridine rings is 2. The average Bonchev–Trinajstić information content (AvgIpc) is 3.91. The summed E-state index contributed by atoms with van der Waals surface area (Å²) < 4.78 is 1.44. The number of hydrogen-bond donors (Lipinski definition) is 6. The molecular weight excluding hydrogens is 761 g/mol. The van der Waals surface area contributed by atoms with E-state index in [0.717, 1.165) is 47.5 Å². The van der Waals surface area contributed by atoms with Crippen LogP contribution < -0.4 is 10.6 Å². The number of carbonyl (C=O) groups is 2. The predicted molar refractivity (Wildman–Crippen MR) is 227 cm³/mol. The monoisotopic (exact) mass is 806 g/mol. The number of allylic oxidation sites excluding steroid dienone is 2. The second-order valence-corrected chi connectivity index (χ2v) is 15.4. The summed E-state index contributed by atoms with van der Waals surface area (Å²) in [6, 6.07) is 22.3. The summed E-state index contributed by atoms with van der Waals surface area (Å²) in [4.78, 5) is 40.0. The summed E-state index contributed by atoms with van der Waals surface area (Å²) in [5, 5.41) is 55.6. The third-order valence-electron chi connectivity index (χ3n) is 11.0. The number of piperazine rings is 1. The van der Waals surface area contributed by atoms with E-state index in [9.17, 15) is 30.3 Å². The lowest BCUT2D eigenvalue weighted by Gasteiger charge is -2.34. The van der Waals surface area contributed by atoms with Crippen LogP contribution in [0.5, 0.6) is 17.5 Å². The minimum absolute atomic E-state index is 0.0160. The first-order chi connectivity index (χ1) is 28.9. The second kappa shape index (κ2) is 16.6. The number of nitrogens with zero attached hydrogens (tertiary/aromatic N) is 7. The second-order valence-electron chi connectivity index (χ2n) is 15.4. The molecule has 2 fully saturated rings. The zero-order chi connectivity index (χ0) is 42.1. The van der Waals surface area contributed by atoms with Crippen LogP contribution in [0.3, 0.4) is 0 Å². The van der Waals surface area contributed by atoms with Gasteiger partial charge in [-0.3, -0.25) is 30.4 Å². The first kappa shape index (κ1) is 39.7. The number of urea groups is 1. The van der Waals surface area contributed by atoms with Gasteiger partial charge in [0.05, 0.1) is 28.2 Å². The fraction of sp³-hybridized carbons (Fsp3) is 0.267. The predicted octanol–water partition coefficient (Wildman–Crippen LogP) is 6.26. The molecule has 3 amide bonds. The lowest BCUT2D eigenvalue weighted by atomic mass is 9.92. The molecule has 0 atom stereocenters. The van der Waals surface area contributed by atoms with Crippen molar-refractivity contribution in [1.29, 1.82) is 5.41 Å². The molecular formula is C45H46N10O5. The van der Waals surface area contributed by atoms with Crippen molar-refractivity contribution in [1.82, 2.24) is 45.2 Å². The van der Waals surface area contributed by atoms with Crippen molar-refractivity contribution in [2.75, 3.05) is 32.7 Å². The summed E-state index contributed by atoms with van der Waals surface area (Å²) in [7, 11) is 0. The number of aryl methyl sites for hydroxylation is 1. The van der Waals surface area contributed by atoms with Crippen LogP contribution in [0.2, 0.25) is 0 Å². The van der Waals surface area contributed by atoms with Gasteiger partial charge >= 0.3 is 12.0 Å². The highest BCUT2D eigenvalue weighted by Crippen LogP contribution is 2.39. The van der Waals surface area contributed by atoms with Crippen LogP contribution in [0.4, 0.5) is 4.79 Å². The molecule has 3 aromatic carbocycles. The average molecular weight is 807 g/mol. The van der Waals surface area contributed by atoms with Crippen LogP contribution >= 0.6 is 0 Å². The van der Waals surface area contributed by atoms with E-state index in [2.05, 4.69) is 35.7 Å². The molecule has 2 aliphatic heterocycles. The van der Waals surface area contributed by atoms with Gasteiger partial charge in [-0.15, -0.1) is 5.10 Å². The number of nitrogens with one attached hydrogen (secondary N) is 3. The van der Waals surface area contributed by atoms with Crippen LogP contribution in [0.25, 0.3) is 33.6 Å². The number of imide groups is 1. The number of aromatic nitrogens is 5. The molecule has 2 aliphatic rings. The molecule has 15 heteroatoms. The highest BCUT2D eigenvalue weighted by molar-refractivity contribution is 6.32. The maximum absolute atomic E-state index is 13.6. The van der Waals surface area contributed by atoms with E-state index in [1.165, 1.54) is 10.6 Å². The van der Waals surface area contributed by atoms with Gasteiger partial charge in [-0.2, -0.15) is 0 Å². The first-order valence-electron chi connectivity index (χ1n) is 20.0. The third kappa shape index (κ3) is 7.99. The maximum atomic E-state index is 13.6. The number of phenols is 2. The Labute approximate surface area is 346 Å². The van der Waals surface area contributed by atoms with Crippen molar-refractivity contribution in [3.8, 4) is 34.6 Å². The minimum Gasteiger partial charge on any atom is -0.508 e. The minimum atomic E-state index is -0.522. The zero-order valence-electron chi connectivity index (χ0n) is 33.6. The van der Waals surface area contributed by atoms with Crippen molar-refractivity contribution in [3.63, 3.8) is 0 Å². The zero-order valence-corrected chi connectivity index (χ0v) is 33.6. The number of amides is 3. The Morgan fingerprint density at radius 3 is 2.42 bits per heavy atom. The Morgan fingerprint density at radius 2 is 1.70 bits per heavy atom. The van der Waals surface area contributed by atoms with E-state index >= 15 is 0 Å². The van der Waals surface area contributed by atoms with Crippen molar-refractivity contribution in [3.05, 3.63) is 124 Å². The Bertz CT molecular complexity index is 2660. The largest absolute Gasteiger partial charge is 0.508 e. The number of hydrogen-bond acceptors (Lipinski definition) is 12. The molecule has 0 spiro atoms. The van der Waals surface area contributed by atoms with Crippen molar-refractivity contribution in [2.45, 2.75) is 46.1 Å². The topological polar surface area (TPSA) is 206 Å². The SMILES string of the molecule is Cc1cccc(C(=N)/C(=C2/CCCN2)c2ccnc3ccc(C(=O)NC(=O)N4CCN(Cc5ccc(-n6c(O)nnc6-c6cc(C(C)C)c(O)cc6O)cc5)CC4)cc23)n1. The van der Waals surface area contributed by atoms with Crippen LogP contribution in [-0.2, 0) is 6.54 Å².